The Labute approximate surface area is 379 Å². The van der Waals surface area contributed by atoms with Gasteiger partial charge in [-0.3, -0.25) is 0 Å². The van der Waals surface area contributed by atoms with Crippen LogP contribution in [0.15, 0.2) is 156 Å². The minimum atomic E-state index is -2.79. The van der Waals surface area contributed by atoms with Crippen LogP contribution in [0.3, 0.4) is 0 Å². The molecule has 6 heteroatoms. The van der Waals surface area contributed by atoms with Crippen molar-refractivity contribution in [2.24, 2.45) is 0 Å². The van der Waals surface area contributed by atoms with Crippen LogP contribution in [0.25, 0.3) is 55.7 Å². The number of furan rings is 1. The van der Waals surface area contributed by atoms with Crippen molar-refractivity contribution in [1.82, 2.24) is 15.0 Å². The molecule has 0 aliphatic heterocycles. The number of fused-ring (bicyclic) bond motifs is 3. The van der Waals surface area contributed by atoms with Gasteiger partial charge in [0.15, 0.2) is 0 Å². The van der Waals surface area contributed by atoms with Gasteiger partial charge in [-0.05, 0) is 106 Å². The Hall–Kier alpha value is -6.51. The Balaban J connectivity index is 0.00000659. The largest absolute Gasteiger partial charge is 3.00 e. The van der Waals surface area contributed by atoms with Crippen LogP contribution in [0.1, 0.15) is 66.5 Å². The Bertz CT molecular complexity index is 3290. The third kappa shape index (κ3) is 8.89. The number of pyridine rings is 3. The summed E-state index contributed by atoms with van der Waals surface area (Å²) in [6.45, 7) is 3.89. The van der Waals surface area contributed by atoms with Crippen molar-refractivity contribution in [3.8, 4) is 39.8 Å². The van der Waals surface area contributed by atoms with E-state index in [2.05, 4.69) is 28.2 Å². The SMILES string of the molecule is [2H]c1cc2oc3c(-c4ccc(C(C)(C)Cc5cc(C([2H])([2H])C([2H])([2H])c6ccc(-c7[c-]cccc7)nc6)cc(C([2H])([2H])C([2H])([2H])c6ccc(-c7[c-]cccc7)nc6)c5)cn4)[c-]ccc3c2c([2H])c1C#N.[Ir+3]. The van der Waals surface area contributed by atoms with Crippen molar-refractivity contribution in [2.75, 3.05) is 0 Å². The summed E-state index contributed by atoms with van der Waals surface area (Å²) in [6, 6.07) is 44.4. The summed E-state index contributed by atoms with van der Waals surface area (Å²) < 4.78 is 97.9. The topological polar surface area (TPSA) is 75.6 Å². The van der Waals surface area contributed by atoms with Crippen LogP contribution >= 0.6 is 0 Å². The zero-order valence-electron chi connectivity index (χ0n) is 42.5. The summed E-state index contributed by atoms with van der Waals surface area (Å²) in [5, 5.41) is 10.6. The summed E-state index contributed by atoms with van der Waals surface area (Å²) in [7, 11) is 0. The van der Waals surface area contributed by atoms with Crippen molar-refractivity contribution < 1.29 is 38.2 Å². The van der Waals surface area contributed by atoms with Crippen LogP contribution in [0.4, 0.5) is 0 Å². The van der Waals surface area contributed by atoms with Gasteiger partial charge >= 0.3 is 20.1 Å². The summed E-state index contributed by atoms with van der Waals surface area (Å²) in [6.07, 6.45) is -6.55. The van der Waals surface area contributed by atoms with Gasteiger partial charge in [0.25, 0.3) is 0 Å². The molecule has 5 aromatic carbocycles. The zero-order valence-corrected chi connectivity index (χ0v) is 34.9. The van der Waals surface area contributed by atoms with E-state index in [1.165, 1.54) is 48.8 Å². The third-order valence-corrected chi connectivity index (χ3v) is 10.0. The van der Waals surface area contributed by atoms with E-state index in [1.54, 1.807) is 48.7 Å². The molecule has 0 fully saturated rings. The molecule has 0 aliphatic rings. The van der Waals surface area contributed by atoms with Crippen molar-refractivity contribution in [1.29, 1.82) is 5.26 Å². The van der Waals surface area contributed by atoms with Gasteiger partial charge < -0.3 is 19.4 Å². The second-order valence-electron chi connectivity index (χ2n) is 14.7. The number of aryl methyl sites for hydroxylation is 4. The molecule has 9 rings (SSSR count). The Morgan fingerprint density at radius 2 is 1.25 bits per heavy atom. The second kappa shape index (κ2) is 17.8. The van der Waals surface area contributed by atoms with Crippen LogP contribution in [-0.4, -0.2) is 15.0 Å². The maximum absolute atomic E-state index is 9.60. The number of benzene rings is 5. The average molecular weight is 964 g/mol. The van der Waals surface area contributed by atoms with E-state index in [1.807, 2.05) is 62.4 Å². The summed E-state index contributed by atoms with van der Waals surface area (Å²) in [5.74, 6) is 0. The Kier molecular flexibility index (Phi) is 8.78. The minimum absolute atomic E-state index is 0. The van der Waals surface area contributed by atoms with Crippen LogP contribution in [0, 0.1) is 29.5 Å². The van der Waals surface area contributed by atoms with Gasteiger partial charge in [-0.15, -0.1) is 90.0 Å². The van der Waals surface area contributed by atoms with Crippen molar-refractivity contribution in [3.05, 3.63) is 209 Å². The maximum Gasteiger partial charge on any atom is 3.00 e. The number of nitriles is 1. The normalized spacial score (nSPS) is 14.8. The molecule has 4 aromatic heterocycles. The van der Waals surface area contributed by atoms with Crippen molar-refractivity contribution >= 4 is 21.9 Å². The summed E-state index contributed by atoms with van der Waals surface area (Å²) >= 11 is 0. The number of nitrogens with zero attached hydrogens (tertiary/aromatic N) is 4. The van der Waals surface area contributed by atoms with E-state index < -0.39 is 30.9 Å². The van der Waals surface area contributed by atoms with Crippen LogP contribution < -0.4 is 0 Å². The van der Waals surface area contributed by atoms with Crippen LogP contribution in [0.5, 0.6) is 0 Å². The zero-order chi connectivity index (χ0) is 49.1. The molecule has 0 radical (unpaired) electrons. The number of aromatic nitrogens is 3. The Morgan fingerprint density at radius 3 is 1.80 bits per heavy atom. The molecule has 4 heterocycles. The predicted octanol–water partition coefficient (Wildman–Crippen LogP) is 12.1. The molecule has 0 amide bonds. The fourth-order valence-corrected chi connectivity index (χ4v) is 7.00. The molecule has 0 bridgehead atoms. The standard InChI is InChI=1S/C54H41N4O.Ir/c1-54(2,45-23-26-51(58-36-45)47-15-9-14-46-48-31-41(33-55)22-27-52(48)59-53(46)47)32-42-29-39(18-16-37-20-24-49(56-34-37)43-10-5-3-6-11-43)28-40(30-42)19-17-38-21-25-50(57-35-38)44-12-7-4-8-13-44;/h3-10,12,14,20-31,34-36H,16-19,32H2,1-2H3;/q-3;+3/i16D2,17D2,18D2,19D2,22D,31D;. The van der Waals surface area contributed by atoms with E-state index in [0.717, 1.165) is 5.56 Å². The fraction of sp³-hybridized carbons (Fsp3) is 0.148. The minimum Gasteiger partial charge on any atom is -0.501 e. The smallest absolute Gasteiger partial charge is 0.501 e. The first-order valence-corrected chi connectivity index (χ1v) is 19.0. The summed E-state index contributed by atoms with van der Waals surface area (Å²) in [5.41, 5.74) is 4.00. The Morgan fingerprint density at radius 1 is 0.650 bits per heavy atom. The first-order chi connectivity index (χ1) is 32.7. The first kappa shape index (κ1) is 29.7. The van der Waals surface area contributed by atoms with Gasteiger partial charge in [0.1, 0.15) is 5.58 Å². The van der Waals surface area contributed by atoms with Gasteiger partial charge in [0.05, 0.1) is 20.0 Å². The molecule has 292 valence electrons. The average Bonchev–Trinajstić information content (AvgIpc) is 3.73. The van der Waals surface area contributed by atoms with Gasteiger partial charge in [-0.2, -0.15) is 5.26 Å². The van der Waals surface area contributed by atoms with E-state index in [9.17, 15) is 16.2 Å². The molecule has 9 aromatic rings. The monoisotopic (exact) mass is 964 g/mol. The molecular formula is C54H41IrN4O. The van der Waals surface area contributed by atoms with Crippen LogP contribution in [-0.2, 0) is 57.4 Å². The first-order valence-electron chi connectivity index (χ1n) is 24.0. The fourth-order valence-electron chi connectivity index (χ4n) is 7.00. The molecule has 5 nitrogen and oxygen atoms in total. The number of hydrogen-bond donors (Lipinski definition) is 0. The van der Waals surface area contributed by atoms with Crippen molar-refractivity contribution in [3.63, 3.8) is 0 Å². The number of hydrogen-bond acceptors (Lipinski definition) is 5. The molecule has 0 saturated carbocycles. The molecule has 0 atom stereocenters. The van der Waals surface area contributed by atoms with E-state index >= 15 is 0 Å². The molecule has 0 unspecified atom stereocenters. The van der Waals surface area contributed by atoms with Gasteiger partial charge in [0.2, 0.25) is 0 Å². The molecule has 0 spiro atoms. The van der Waals surface area contributed by atoms with E-state index in [-0.39, 0.29) is 66.4 Å². The third-order valence-electron chi connectivity index (χ3n) is 10.0. The van der Waals surface area contributed by atoms with Crippen LogP contribution in [0.2, 0.25) is 0 Å². The molecule has 60 heavy (non-hydrogen) atoms. The van der Waals surface area contributed by atoms with Gasteiger partial charge in [-0.1, -0.05) is 79.4 Å². The summed E-state index contributed by atoms with van der Waals surface area (Å²) in [4.78, 5) is 13.7. The predicted molar refractivity (Wildman–Crippen MR) is 236 cm³/mol. The van der Waals surface area contributed by atoms with Crippen molar-refractivity contribution in [2.45, 2.75) is 51.2 Å². The molecule has 0 aliphatic carbocycles. The quantitative estimate of drug-likeness (QED) is 0.114. The molecule has 0 N–H and O–H groups in total. The van der Waals surface area contributed by atoms with Gasteiger partial charge in [-0.25, -0.2) is 0 Å². The molecule has 0 saturated heterocycles. The molecular weight excluding hydrogens is 913 g/mol. The second-order valence-corrected chi connectivity index (χ2v) is 14.7. The number of rotatable bonds is 12. The van der Waals surface area contributed by atoms with E-state index in [4.69, 9.17) is 12.1 Å². The maximum atomic E-state index is 9.60. The van der Waals surface area contributed by atoms with E-state index in [0.29, 0.717) is 61.3 Å². The van der Waals surface area contributed by atoms with Gasteiger partial charge in [0, 0.05) is 34.9 Å².